The second kappa shape index (κ2) is 9.40. The molecule has 1 saturated heterocycles. The maximum atomic E-state index is 13.7. The average Bonchev–Trinajstić information content (AvgIpc) is 3.45. The summed E-state index contributed by atoms with van der Waals surface area (Å²) >= 11 is 6.10. The van der Waals surface area contributed by atoms with Crippen LogP contribution >= 0.6 is 11.6 Å². The third-order valence-electron chi connectivity index (χ3n) is 6.19. The van der Waals surface area contributed by atoms with Crippen molar-refractivity contribution in [2.45, 2.75) is 26.3 Å². The largest absolute Gasteiger partial charge is 0.457 e. The molecule has 1 atom stereocenters. The maximum Gasteiger partial charge on any atom is 0.335 e. The van der Waals surface area contributed by atoms with Crippen LogP contribution in [0.5, 0.6) is 11.5 Å². The van der Waals surface area contributed by atoms with Gasteiger partial charge in [-0.05, 0) is 74.2 Å². The molecule has 182 valence electrons. The third kappa shape index (κ3) is 4.16. The number of imidazole rings is 1. The van der Waals surface area contributed by atoms with E-state index in [0.29, 0.717) is 52.9 Å². The molecule has 0 spiro atoms. The number of ether oxygens (including phenoxy) is 1. The lowest BCUT2D eigenvalue weighted by atomic mass is 10.2. The van der Waals surface area contributed by atoms with E-state index >= 15 is 0 Å². The number of rotatable bonds is 4. The highest BCUT2D eigenvalue weighted by atomic mass is 35.5. The lowest BCUT2D eigenvalue weighted by Crippen LogP contribution is -2.31. The summed E-state index contributed by atoms with van der Waals surface area (Å²) in [5, 5.41) is 0.668. The summed E-state index contributed by atoms with van der Waals surface area (Å²) in [6, 6.07) is 12.3. The molecule has 1 fully saturated rings. The second-order valence-electron chi connectivity index (χ2n) is 8.49. The molecule has 2 N–H and O–H groups in total. The number of aryl methyl sites for hydroxylation is 1. The third-order valence-corrected chi connectivity index (χ3v) is 6.61. The number of nitrogens with two attached hydrogens (primary N) is 1. The molecule has 0 saturated carbocycles. The molecule has 4 aromatic rings. The average molecular weight is 503 g/mol. The van der Waals surface area contributed by atoms with Gasteiger partial charge in [0.2, 0.25) is 0 Å². The van der Waals surface area contributed by atoms with Crippen molar-refractivity contribution < 1.29 is 9.53 Å². The zero-order chi connectivity index (χ0) is 25.4. The first-order valence-electron chi connectivity index (χ1n) is 11.4. The van der Waals surface area contributed by atoms with Crippen molar-refractivity contribution in [1.82, 2.24) is 24.0 Å². The predicted octanol–water partition coefficient (Wildman–Crippen LogP) is 3.72. The van der Waals surface area contributed by atoms with Gasteiger partial charge in [0.05, 0.1) is 11.7 Å². The molecule has 0 bridgehead atoms. The van der Waals surface area contributed by atoms with Gasteiger partial charge in [0.15, 0.2) is 11.5 Å². The Morgan fingerprint density at radius 3 is 2.64 bits per heavy atom. The summed E-state index contributed by atoms with van der Waals surface area (Å²) < 4.78 is 9.03. The Morgan fingerprint density at radius 1 is 1.17 bits per heavy atom. The number of nitrogen functional groups attached to an aromatic ring is 1. The molecule has 0 aliphatic carbocycles. The van der Waals surface area contributed by atoms with E-state index in [1.807, 2.05) is 13.0 Å². The van der Waals surface area contributed by atoms with Crippen molar-refractivity contribution in [3.63, 3.8) is 0 Å². The van der Waals surface area contributed by atoms with E-state index < -0.39 is 0 Å². The highest BCUT2D eigenvalue weighted by Crippen LogP contribution is 2.29. The summed E-state index contributed by atoms with van der Waals surface area (Å²) in [6.45, 7) is 4.40. The van der Waals surface area contributed by atoms with Crippen molar-refractivity contribution in [3.05, 3.63) is 69.9 Å². The van der Waals surface area contributed by atoms with Crippen LogP contribution < -0.4 is 16.2 Å². The predicted molar refractivity (Wildman–Crippen MR) is 137 cm³/mol. The van der Waals surface area contributed by atoms with Crippen LogP contribution in [0.3, 0.4) is 0 Å². The minimum Gasteiger partial charge on any atom is -0.457 e. The fourth-order valence-corrected chi connectivity index (χ4v) is 4.56. The number of aromatic nitrogens is 4. The van der Waals surface area contributed by atoms with Crippen molar-refractivity contribution in [2.24, 2.45) is 0 Å². The van der Waals surface area contributed by atoms with Crippen LogP contribution in [0.1, 0.15) is 24.9 Å². The Labute approximate surface area is 212 Å². The SMILES string of the molecule is CC#CC(=O)N1CC[C@@H](n2c(=O)n(-c3ccc(Oc4ccc(Cl)c(C)c4)cc3)c3c(N)ncnc32)C1. The van der Waals surface area contributed by atoms with Crippen molar-refractivity contribution >= 4 is 34.5 Å². The van der Waals surface area contributed by atoms with Crippen molar-refractivity contribution in [3.8, 4) is 29.0 Å². The van der Waals surface area contributed by atoms with E-state index in [2.05, 4.69) is 21.8 Å². The van der Waals surface area contributed by atoms with Crippen LogP contribution in [0.4, 0.5) is 5.82 Å². The highest BCUT2D eigenvalue weighted by Gasteiger charge is 2.31. The fraction of sp³-hybridized carbons (Fsp3) is 0.231. The zero-order valence-electron chi connectivity index (χ0n) is 19.7. The molecular formula is C26H23ClN6O3. The Morgan fingerprint density at radius 2 is 1.92 bits per heavy atom. The van der Waals surface area contributed by atoms with Crippen molar-refractivity contribution in [1.29, 1.82) is 0 Å². The molecule has 36 heavy (non-hydrogen) atoms. The van der Waals surface area contributed by atoms with Gasteiger partial charge >= 0.3 is 5.69 Å². The molecule has 5 rings (SSSR count). The number of halogens is 1. The molecule has 2 aromatic carbocycles. The van der Waals surface area contributed by atoms with Crippen LogP contribution in [-0.2, 0) is 4.79 Å². The number of amides is 1. The number of hydrogen-bond acceptors (Lipinski definition) is 6. The number of likely N-dealkylation sites (tertiary alicyclic amines) is 1. The number of hydrogen-bond donors (Lipinski definition) is 1. The lowest BCUT2D eigenvalue weighted by molar-refractivity contribution is -0.124. The van der Waals surface area contributed by atoms with E-state index in [1.54, 1.807) is 52.8 Å². The second-order valence-corrected chi connectivity index (χ2v) is 8.90. The molecule has 0 unspecified atom stereocenters. The lowest BCUT2D eigenvalue weighted by Gasteiger charge is -2.14. The normalized spacial score (nSPS) is 15.1. The van der Waals surface area contributed by atoms with Crippen LogP contribution in [0.15, 0.2) is 53.6 Å². The Balaban J connectivity index is 1.51. The Hall–Kier alpha value is -4.29. The summed E-state index contributed by atoms with van der Waals surface area (Å²) in [4.78, 5) is 36.1. The molecule has 0 radical (unpaired) electrons. The van der Waals surface area contributed by atoms with Gasteiger partial charge < -0.3 is 15.4 Å². The summed E-state index contributed by atoms with van der Waals surface area (Å²) in [5.41, 5.74) is 8.24. The van der Waals surface area contributed by atoms with Crippen LogP contribution in [0.25, 0.3) is 16.9 Å². The Kier molecular flexibility index (Phi) is 6.12. The van der Waals surface area contributed by atoms with Gasteiger partial charge in [-0.1, -0.05) is 17.5 Å². The van der Waals surface area contributed by atoms with Gasteiger partial charge in [0, 0.05) is 18.1 Å². The van der Waals surface area contributed by atoms with E-state index in [1.165, 1.54) is 10.9 Å². The van der Waals surface area contributed by atoms with Crippen LogP contribution in [0.2, 0.25) is 5.02 Å². The number of benzene rings is 2. The first kappa shape index (κ1) is 23.5. The molecule has 9 nitrogen and oxygen atoms in total. The number of carbonyl (C=O) groups excluding carboxylic acids is 1. The van der Waals surface area contributed by atoms with Gasteiger partial charge in [0.1, 0.15) is 23.3 Å². The van der Waals surface area contributed by atoms with Gasteiger partial charge in [-0.3, -0.25) is 13.9 Å². The molecule has 1 aliphatic rings. The number of carbonyl (C=O) groups is 1. The topological polar surface area (TPSA) is 108 Å². The molecule has 1 aliphatic heterocycles. The smallest absolute Gasteiger partial charge is 0.335 e. The minimum atomic E-state index is -0.305. The Bertz CT molecular complexity index is 1600. The molecule has 3 heterocycles. The first-order chi connectivity index (χ1) is 17.4. The first-order valence-corrected chi connectivity index (χ1v) is 11.7. The van der Waals surface area contributed by atoms with E-state index in [9.17, 15) is 9.59 Å². The number of anilines is 1. The quantitative estimate of drug-likeness (QED) is 0.426. The maximum absolute atomic E-state index is 13.7. The van der Waals surface area contributed by atoms with Crippen LogP contribution in [0, 0.1) is 18.8 Å². The van der Waals surface area contributed by atoms with Gasteiger partial charge in [-0.25, -0.2) is 14.8 Å². The number of nitrogens with zero attached hydrogens (tertiary/aromatic N) is 5. The molecule has 2 aromatic heterocycles. The van der Waals surface area contributed by atoms with E-state index in [0.717, 1.165) is 5.56 Å². The summed E-state index contributed by atoms with van der Waals surface area (Å²) in [6.07, 6.45) is 1.94. The summed E-state index contributed by atoms with van der Waals surface area (Å²) in [5.74, 6) is 6.39. The number of fused-ring (bicyclic) bond motifs is 1. The van der Waals surface area contributed by atoms with Gasteiger partial charge in [0.25, 0.3) is 5.91 Å². The van der Waals surface area contributed by atoms with Crippen molar-refractivity contribution in [2.75, 3.05) is 18.8 Å². The molecular weight excluding hydrogens is 480 g/mol. The minimum absolute atomic E-state index is 0.190. The highest BCUT2D eigenvalue weighted by molar-refractivity contribution is 6.31. The van der Waals surface area contributed by atoms with Gasteiger partial charge in [-0.2, -0.15) is 0 Å². The molecule has 10 heteroatoms. The van der Waals surface area contributed by atoms with Gasteiger partial charge in [-0.15, -0.1) is 0 Å². The van der Waals surface area contributed by atoms with Crippen LogP contribution in [-0.4, -0.2) is 43.0 Å². The van der Waals surface area contributed by atoms with E-state index in [-0.39, 0.29) is 23.5 Å². The molecule has 1 amide bonds. The fourth-order valence-electron chi connectivity index (χ4n) is 4.44. The standard InChI is InChI=1S/C26H23ClN6O3/c1-3-4-22(34)31-12-11-18(14-31)33-25-23(24(28)29-15-30-25)32(26(33)35)17-5-7-19(8-6-17)36-20-9-10-21(27)16(2)13-20/h5-10,13,15,18H,11-12,14H2,1-2H3,(H2,28,29,30)/t18-/m1/s1. The summed E-state index contributed by atoms with van der Waals surface area (Å²) in [7, 11) is 0. The zero-order valence-corrected chi connectivity index (χ0v) is 20.5. The van der Waals surface area contributed by atoms with E-state index in [4.69, 9.17) is 22.1 Å². The monoisotopic (exact) mass is 502 g/mol.